The highest BCUT2D eigenvalue weighted by molar-refractivity contribution is 6.01. The molecule has 1 aliphatic carbocycles. The molecule has 2 amide bonds. The van der Waals surface area contributed by atoms with Crippen LogP contribution in [0.2, 0.25) is 0 Å². The van der Waals surface area contributed by atoms with Crippen LogP contribution in [0.5, 0.6) is 0 Å². The SMILES string of the molecule is CC(NC(=O)N1c2ccccc2CC1C(=O)O)C1CCC1. The number of amides is 2. The molecule has 2 unspecified atom stereocenters. The Morgan fingerprint density at radius 1 is 1.33 bits per heavy atom. The number of carboxylic acid groups (broad SMARTS) is 1. The van der Waals surface area contributed by atoms with E-state index in [-0.39, 0.29) is 12.1 Å². The molecule has 5 nitrogen and oxygen atoms in total. The van der Waals surface area contributed by atoms with E-state index in [4.69, 9.17) is 0 Å². The highest BCUT2D eigenvalue weighted by Gasteiger charge is 2.39. The van der Waals surface area contributed by atoms with E-state index in [0.29, 0.717) is 18.0 Å². The highest BCUT2D eigenvalue weighted by Crippen LogP contribution is 2.33. The van der Waals surface area contributed by atoms with Gasteiger partial charge in [0.05, 0.1) is 0 Å². The maximum atomic E-state index is 12.5. The Labute approximate surface area is 123 Å². The van der Waals surface area contributed by atoms with Crippen LogP contribution in [0, 0.1) is 5.92 Å². The van der Waals surface area contributed by atoms with Gasteiger partial charge in [-0.15, -0.1) is 0 Å². The fraction of sp³-hybridized carbons (Fsp3) is 0.500. The largest absolute Gasteiger partial charge is 0.480 e. The molecule has 0 spiro atoms. The minimum Gasteiger partial charge on any atom is -0.480 e. The molecule has 3 rings (SSSR count). The van der Waals surface area contributed by atoms with Crippen molar-refractivity contribution in [3.8, 4) is 0 Å². The second-order valence-corrected chi connectivity index (χ2v) is 5.99. The van der Waals surface area contributed by atoms with Gasteiger partial charge in [0.25, 0.3) is 0 Å². The first-order valence-corrected chi connectivity index (χ1v) is 7.48. The zero-order valence-electron chi connectivity index (χ0n) is 12.1. The van der Waals surface area contributed by atoms with Crippen LogP contribution in [0.15, 0.2) is 24.3 Å². The summed E-state index contributed by atoms with van der Waals surface area (Å²) in [4.78, 5) is 25.4. The van der Waals surface area contributed by atoms with Crippen molar-refractivity contribution in [3.63, 3.8) is 0 Å². The van der Waals surface area contributed by atoms with Crippen LogP contribution in [0.1, 0.15) is 31.7 Å². The van der Waals surface area contributed by atoms with Crippen LogP contribution < -0.4 is 10.2 Å². The number of nitrogens with zero attached hydrogens (tertiary/aromatic N) is 1. The Balaban J connectivity index is 1.80. The Bertz CT molecular complexity index is 568. The van der Waals surface area contributed by atoms with Crippen LogP contribution in [0.25, 0.3) is 0 Å². The molecule has 1 fully saturated rings. The number of carbonyl (C=O) groups is 2. The molecule has 112 valence electrons. The number of rotatable bonds is 3. The lowest BCUT2D eigenvalue weighted by Crippen LogP contribution is -2.52. The lowest BCUT2D eigenvalue weighted by Gasteiger charge is -2.33. The van der Waals surface area contributed by atoms with Crippen molar-refractivity contribution < 1.29 is 14.7 Å². The van der Waals surface area contributed by atoms with E-state index in [9.17, 15) is 14.7 Å². The molecule has 0 aromatic heterocycles. The number of para-hydroxylation sites is 1. The molecule has 2 aliphatic rings. The van der Waals surface area contributed by atoms with Gasteiger partial charge < -0.3 is 10.4 Å². The summed E-state index contributed by atoms with van der Waals surface area (Å²) in [6.07, 6.45) is 3.87. The van der Waals surface area contributed by atoms with Crippen LogP contribution in [0.4, 0.5) is 10.5 Å². The average molecular weight is 288 g/mol. The minimum absolute atomic E-state index is 0.0912. The summed E-state index contributed by atoms with van der Waals surface area (Å²) in [5.41, 5.74) is 1.62. The third-order valence-electron chi connectivity index (χ3n) is 4.69. The number of urea groups is 1. The molecule has 0 saturated heterocycles. The first-order valence-electron chi connectivity index (χ1n) is 7.48. The predicted molar refractivity (Wildman–Crippen MR) is 79.4 cm³/mol. The number of nitrogens with one attached hydrogen (secondary N) is 1. The number of fused-ring (bicyclic) bond motifs is 1. The monoisotopic (exact) mass is 288 g/mol. The number of hydrogen-bond donors (Lipinski definition) is 2. The van der Waals surface area contributed by atoms with Crippen molar-refractivity contribution in [1.82, 2.24) is 5.32 Å². The van der Waals surface area contributed by atoms with Crippen LogP contribution in [-0.4, -0.2) is 29.2 Å². The molecule has 1 aliphatic heterocycles. The maximum absolute atomic E-state index is 12.5. The molecule has 1 heterocycles. The van der Waals surface area contributed by atoms with Crippen LogP contribution in [0.3, 0.4) is 0 Å². The fourth-order valence-corrected chi connectivity index (χ4v) is 3.16. The Morgan fingerprint density at radius 3 is 2.67 bits per heavy atom. The van der Waals surface area contributed by atoms with Gasteiger partial charge in [0.2, 0.25) is 0 Å². The lowest BCUT2D eigenvalue weighted by atomic mass is 9.80. The molecule has 0 bridgehead atoms. The van der Waals surface area contributed by atoms with Gasteiger partial charge in [-0.25, -0.2) is 9.59 Å². The zero-order chi connectivity index (χ0) is 15.0. The molecular formula is C16H20N2O3. The van der Waals surface area contributed by atoms with Crippen LogP contribution in [-0.2, 0) is 11.2 Å². The average Bonchev–Trinajstić information content (AvgIpc) is 2.75. The number of benzene rings is 1. The summed E-state index contributed by atoms with van der Waals surface area (Å²) in [6, 6.07) is 6.38. The second kappa shape index (κ2) is 5.39. The van der Waals surface area contributed by atoms with Crippen molar-refractivity contribution in [1.29, 1.82) is 0 Å². The summed E-state index contributed by atoms with van der Waals surface area (Å²) in [6.45, 7) is 2.00. The summed E-state index contributed by atoms with van der Waals surface area (Å²) >= 11 is 0. The van der Waals surface area contributed by atoms with Crippen molar-refractivity contribution in [3.05, 3.63) is 29.8 Å². The molecule has 5 heteroatoms. The van der Waals surface area contributed by atoms with Gasteiger partial charge in [-0.1, -0.05) is 24.6 Å². The highest BCUT2D eigenvalue weighted by atomic mass is 16.4. The molecule has 2 atom stereocenters. The summed E-state index contributed by atoms with van der Waals surface area (Å²) in [7, 11) is 0. The van der Waals surface area contributed by atoms with Crippen molar-refractivity contribution in [2.45, 2.75) is 44.7 Å². The smallest absolute Gasteiger partial charge is 0.327 e. The quantitative estimate of drug-likeness (QED) is 0.897. The fourth-order valence-electron chi connectivity index (χ4n) is 3.16. The van der Waals surface area contributed by atoms with E-state index in [2.05, 4.69) is 5.32 Å². The molecule has 1 aromatic rings. The molecule has 1 aromatic carbocycles. The molecule has 2 N–H and O–H groups in total. The maximum Gasteiger partial charge on any atom is 0.327 e. The number of hydrogen-bond acceptors (Lipinski definition) is 2. The van der Waals surface area contributed by atoms with Gasteiger partial charge in [-0.2, -0.15) is 0 Å². The summed E-state index contributed by atoms with van der Waals surface area (Å²) < 4.78 is 0. The van der Waals surface area contributed by atoms with Crippen molar-refractivity contribution in [2.75, 3.05) is 4.90 Å². The van der Waals surface area contributed by atoms with Gasteiger partial charge in [-0.3, -0.25) is 4.90 Å². The summed E-state index contributed by atoms with van der Waals surface area (Å²) in [5, 5.41) is 12.4. The van der Waals surface area contributed by atoms with E-state index in [1.807, 2.05) is 31.2 Å². The Morgan fingerprint density at radius 2 is 2.05 bits per heavy atom. The van der Waals surface area contributed by atoms with E-state index < -0.39 is 12.0 Å². The van der Waals surface area contributed by atoms with E-state index in [1.165, 1.54) is 11.3 Å². The normalized spacial score (nSPS) is 22.3. The van der Waals surface area contributed by atoms with Crippen molar-refractivity contribution in [2.24, 2.45) is 5.92 Å². The van der Waals surface area contributed by atoms with Crippen LogP contribution >= 0.6 is 0 Å². The molecule has 21 heavy (non-hydrogen) atoms. The van der Waals surface area contributed by atoms with E-state index >= 15 is 0 Å². The summed E-state index contributed by atoms with van der Waals surface area (Å²) in [5.74, 6) is -0.437. The molecule has 0 radical (unpaired) electrons. The van der Waals surface area contributed by atoms with Crippen molar-refractivity contribution >= 4 is 17.7 Å². The topological polar surface area (TPSA) is 69.6 Å². The van der Waals surface area contributed by atoms with E-state index in [1.54, 1.807) is 0 Å². The van der Waals surface area contributed by atoms with Gasteiger partial charge in [0.1, 0.15) is 6.04 Å². The van der Waals surface area contributed by atoms with Gasteiger partial charge in [-0.05, 0) is 37.3 Å². The second-order valence-electron chi connectivity index (χ2n) is 5.99. The van der Waals surface area contributed by atoms with Gasteiger partial charge in [0.15, 0.2) is 0 Å². The standard InChI is InChI=1S/C16H20N2O3/c1-10(11-6-4-7-11)17-16(21)18-13-8-3-2-5-12(13)9-14(18)15(19)20/h2-3,5,8,10-11,14H,4,6-7,9H2,1H3,(H,17,21)(H,19,20). The lowest BCUT2D eigenvalue weighted by molar-refractivity contribution is -0.138. The Kier molecular flexibility index (Phi) is 3.57. The first kappa shape index (κ1) is 13.9. The zero-order valence-corrected chi connectivity index (χ0v) is 12.1. The number of anilines is 1. The number of carbonyl (C=O) groups excluding carboxylic acids is 1. The third kappa shape index (κ3) is 2.48. The minimum atomic E-state index is -0.961. The Hall–Kier alpha value is -2.04. The molecular weight excluding hydrogens is 268 g/mol. The van der Waals surface area contributed by atoms with Gasteiger partial charge in [0, 0.05) is 18.2 Å². The first-order chi connectivity index (χ1) is 10.1. The third-order valence-corrected chi connectivity index (χ3v) is 4.69. The predicted octanol–water partition coefficient (Wildman–Crippen LogP) is 2.40. The number of aliphatic carboxylic acids is 1. The van der Waals surface area contributed by atoms with E-state index in [0.717, 1.165) is 18.4 Å². The molecule has 1 saturated carbocycles. The number of carboxylic acids is 1. The van der Waals surface area contributed by atoms with Gasteiger partial charge >= 0.3 is 12.0 Å².